The van der Waals surface area contributed by atoms with Crippen molar-refractivity contribution in [3.63, 3.8) is 0 Å². The van der Waals surface area contributed by atoms with E-state index in [1.807, 2.05) is 0 Å². The molecule has 1 saturated heterocycles. The second-order valence-electron chi connectivity index (χ2n) is 3.97. The summed E-state index contributed by atoms with van der Waals surface area (Å²) in [6, 6.07) is 2.01. The highest BCUT2D eigenvalue weighted by molar-refractivity contribution is 5.35. The number of nitrogen functional groups attached to an aromatic ring is 1. The van der Waals surface area contributed by atoms with Gasteiger partial charge in [0.05, 0.1) is 12.6 Å². The summed E-state index contributed by atoms with van der Waals surface area (Å²) in [4.78, 5) is 12.4. The Bertz CT molecular complexity index is 521. The van der Waals surface area contributed by atoms with Gasteiger partial charge in [-0.2, -0.15) is 20.1 Å². The van der Waals surface area contributed by atoms with Crippen molar-refractivity contribution >= 4 is 11.9 Å². The Balaban J connectivity index is 1.86. The SMILES string of the molecule is Nc1nc(NC2CCOC2)nc(-n2cccn2)n1. The molecule has 0 saturated carbocycles. The lowest BCUT2D eigenvalue weighted by Crippen LogP contribution is -2.22. The van der Waals surface area contributed by atoms with Crippen molar-refractivity contribution in [2.45, 2.75) is 12.5 Å². The number of ether oxygens (including phenoxy) is 1. The van der Waals surface area contributed by atoms with Gasteiger partial charge in [-0.25, -0.2) is 4.68 Å². The minimum atomic E-state index is 0.164. The predicted molar refractivity (Wildman–Crippen MR) is 64.2 cm³/mol. The molecule has 1 atom stereocenters. The van der Waals surface area contributed by atoms with Gasteiger partial charge < -0.3 is 15.8 Å². The molecule has 0 amide bonds. The smallest absolute Gasteiger partial charge is 0.257 e. The third-order valence-electron chi connectivity index (χ3n) is 2.61. The normalized spacial score (nSPS) is 19.0. The standard InChI is InChI=1S/C10H13N7O/c11-8-14-9(13-7-2-5-18-6-7)16-10(15-8)17-4-1-3-12-17/h1,3-4,7H,2,5-6H2,(H3,11,13,14,15,16). The highest BCUT2D eigenvalue weighted by Gasteiger charge is 2.17. The lowest BCUT2D eigenvalue weighted by molar-refractivity contribution is 0.195. The third-order valence-corrected chi connectivity index (χ3v) is 2.61. The van der Waals surface area contributed by atoms with Crippen LogP contribution >= 0.6 is 0 Å². The molecule has 2 aromatic heterocycles. The minimum absolute atomic E-state index is 0.164. The number of aromatic nitrogens is 5. The molecule has 1 aliphatic rings. The van der Waals surface area contributed by atoms with E-state index in [4.69, 9.17) is 10.5 Å². The first kappa shape index (κ1) is 10.9. The van der Waals surface area contributed by atoms with Gasteiger partial charge in [-0.1, -0.05) is 0 Å². The van der Waals surface area contributed by atoms with Crippen LogP contribution in [0.1, 0.15) is 6.42 Å². The summed E-state index contributed by atoms with van der Waals surface area (Å²) in [5.41, 5.74) is 5.67. The molecule has 1 aliphatic heterocycles. The molecule has 0 radical (unpaired) electrons. The second-order valence-corrected chi connectivity index (χ2v) is 3.97. The van der Waals surface area contributed by atoms with Gasteiger partial charge in [0, 0.05) is 19.0 Å². The summed E-state index contributed by atoms with van der Waals surface area (Å²) in [6.07, 6.45) is 4.33. The molecule has 0 aliphatic carbocycles. The van der Waals surface area contributed by atoms with Crippen molar-refractivity contribution in [3.8, 4) is 5.95 Å². The number of rotatable bonds is 3. The van der Waals surface area contributed by atoms with Crippen LogP contribution in [0.2, 0.25) is 0 Å². The van der Waals surface area contributed by atoms with Crippen LogP contribution in [0.5, 0.6) is 0 Å². The van der Waals surface area contributed by atoms with Gasteiger partial charge in [-0.3, -0.25) is 0 Å². The van der Waals surface area contributed by atoms with Gasteiger partial charge in [-0.15, -0.1) is 0 Å². The van der Waals surface area contributed by atoms with Crippen LogP contribution in [0.15, 0.2) is 18.5 Å². The topological polar surface area (TPSA) is 104 Å². The van der Waals surface area contributed by atoms with E-state index in [0.717, 1.165) is 13.0 Å². The molecule has 3 N–H and O–H groups in total. The van der Waals surface area contributed by atoms with Gasteiger partial charge in [0.15, 0.2) is 0 Å². The highest BCUT2D eigenvalue weighted by atomic mass is 16.5. The van der Waals surface area contributed by atoms with E-state index in [0.29, 0.717) is 18.5 Å². The maximum absolute atomic E-state index is 5.67. The first-order valence-corrected chi connectivity index (χ1v) is 5.67. The van der Waals surface area contributed by atoms with Crippen LogP contribution in [0, 0.1) is 0 Å². The number of anilines is 2. The summed E-state index contributed by atoms with van der Waals surface area (Å²) in [5, 5.41) is 7.23. The molecule has 3 rings (SSSR count). The molecule has 18 heavy (non-hydrogen) atoms. The lowest BCUT2D eigenvalue weighted by Gasteiger charge is -2.11. The maximum Gasteiger partial charge on any atom is 0.257 e. The van der Waals surface area contributed by atoms with Crippen molar-refractivity contribution in [3.05, 3.63) is 18.5 Å². The van der Waals surface area contributed by atoms with Crippen LogP contribution in [0.4, 0.5) is 11.9 Å². The first-order chi connectivity index (χ1) is 8.81. The van der Waals surface area contributed by atoms with Crippen molar-refractivity contribution in [2.75, 3.05) is 24.3 Å². The zero-order valence-electron chi connectivity index (χ0n) is 9.65. The Morgan fingerprint density at radius 1 is 1.39 bits per heavy atom. The third kappa shape index (κ3) is 2.23. The Kier molecular flexibility index (Phi) is 2.77. The number of nitrogens with zero attached hydrogens (tertiary/aromatic N) is 5. The van der Waals surface area contributed by atoms with Crippen LogP contribution in [-0.4, -0.2) is 44.0 Å². The molecular weight excluding hydrogens is 234 g/mol. The Morgan fingerprint density at radius 2 is 2.33 bits per heavy atom. The fraction of sp³-hybridized carbons (Fsp3) is 0.400. The zero-order valence-corrected chi connectivity index (χ0v) is 9.65. The van der Waals surface area contributed by atoms with E-state index in [-0.39, 0.29) is 12.0 Å². The Labute approximate surface area is 103 Å². The summed E-state index contributed by atoms with van der Waals surface area (Å²) < 4.78 is 6.82. The van der Waals surface area contributed by atoms with Gasteiger partial charge >= 0.3 is 0 Å². The van der Waals surface area contributed by atoms with E-state index in [2.05, 4.69) is 25.4 Å². The molecule has 1 fully saturated rings. The molecule has 0 aromatic carbocycles. The number of hydrogen-bond donors (Lipinski definition) is 2. The molecule has 0 bridgehead atoms. The van der Waals surface area contributed by atoms with Crippen molar-refractivity contribution in [2.24, 2.45) is 0 Å². The van der Waals surface area contributed by atoms with Crippen molar-refractivity contribution in [1.82, 2.24) is 24.7 Å². The monoisotopic (exact) mass is 247 g/mol. The zero-order chi connectivity index (χ0) is 12.4. The fourth-order valence-electron chi connectivity index (χ4n) is 1.77. The van der Waals surface area contributed by atoms with Gasteiger partial charge in [0.2, 0.25) is 11.9 Å². The summed E-state index contributed by atoms with van der Waals surface area (Å²) in [5.74, 6) is 1.01. The highest BCUT2D eigenvalue weighted by Crippen LogP contribution is 2.11. The summed E-state index contributed by atoms with van der Waals surface area (Å²) in [7, 11) is 0. The van der Waals surface area contributed by atoms with Crippen molar-refractivity contribution in [1.29, 1.82) is 0 Å². The van der Waals surface area contributed by atoms with Crippen LogP contribution in [0.25, 0.3) is 5.95 Å². The van der Waals surface area contributed by atoms with E-state index in [1.54, 1.807) is 18.5 Å². The molecular formula is C10H13N7O. The second kappa shape index (κ2) is 4.57. The molecule has 8 nitrogen and oxygen atoms in total. The number of nitrogens with one attached hydrogen (secondary N) is 1. The minimum Gasteiger partial charge on any atom is -0.379 e. The van der Waals surface area contributed by atoms with E-state index in [1.165, 1.54) is 4.68 Å². The fourth-order valence-corrected chi connectivity index (χ4v) is 1.77. The van der Waals surface area contributed by atoms with Gasteiger partial charge in [0.25, 0.3) is 5.95 Å². The molecule has 8 heteroatoms. The molecule has 0 spiro atoms. The summed E-state index contributed by atoms with van der Waals surface area (Å²) >= 11 is 0. The lowest BCUT2D eigenvalue weighted by atomic mass is 10.3. The van der Waals surface area contributed by atoms with Crippen LogP contribution < -0.4 is 11.1 Å². The number of hydrogen-bond acceptors (Lipinski definition) is 7. The Morgan fingerprint density at radius 3 is 3.06 bits per heavy atom. The van der Waals surface area contributed by atoms with E-state index < -0.39 is 0 Å². The van der Waals surface area contributed by atoms with Crippen LogP contribution in [0.3, 0.4) is 0 Å². The van der Waals surface area contributed by atoms with E-state index >= 15 is 0 Å². The summed E-state index contributed by atoms with van der Waals surface area (Å²) in [6.45, 7) is 1.41. The van der Waals surface area contributed by atoms with Gasteiger partial charge in [-0.05, 0) is 12.5 Å². The molecule has 94 valence electrons. The Hall–Kier alpha value is -2.22. The molecule has 1 unspecified atom stereocenters. The van der Waals surface area contributed by atoms with E-state index in [9.17, 15) is 0 Å². The maximum atomic E-state index is 5.67. The predicted octanol–water partition coefficient (Wildman–Crippen LogP) is -0.160. The van der Waals surface area contributed by atoms with Gasteiger partial charge in [0.1, 0.15) is 0 Å². The quantitative estimate of drug-likeness (QED) is 0.776. The first-order valence-electron chi connectivity index (χ1n) is 5.67. The van der Waals surface area contributed by atoms with Crippen molar-refractivity contribution < 1.29 is 4.74 Å². The molecule has 3 heterocycles. The largest absolute Gasteiger partial charge is 0.379 e. The van der Waals surface area contributed by atoms with Crippen LogP contribution in [-0.2, 0) is 4.74 Å². The molecule has 2 aromatic rings. The number of nitrogens with two attached hydrogens (primary N) is 1. The average Bonchev–Trinajstić information content (AvgIpc) is 3.00. The average molecular weight is 247 g/mol.